The molecule has 174 valence electrons. The minimum Gasteiger partial charge on any atom is -0.469 e. The van der Waals surface area contributed by atoms with Gasteiger partial charge in [-0.3, -0.25) is 9.59 Å². The highest BCUT2D eigenvalue weighted by Crippen LogP contribution is 2.46. The van der Waals surface area contributed by atoms with Crippen LogP contribution in [-0.4, -0.2) is 30.7 Å². The molecule has 0 saturated heterocycles. The van der Waals surface area contributed by atoms with Crippen LogP contribution in [-0.2, 0) is 26.5 Å². The van der Waals surface area contributed by atoms with Crippen LogP contribution in [0.15, 0.2) is 48.5 Å². The van der Waals surface area contributed by atoms with Crippen molar-refractivity contribution in [3.8, 4) is 11.1 Å². The van der Waals surface area contributed by atoms with Gasteiger partial charge >= 0.3 is 5.97 Å². The highest BCUT2D eigenvalue weighted by molar-refractivity contribution is 6.19. The smallest absolute Gasteiger partial charge is 0.310 e. The number of amides is 1. The average Bonchev–Trinajstić information content (AvgIpc) is 3.39. The van der Waals surface area contributed by atoms with Gasteiger partial charge in [0.05, 0.1) is 30.1 Å². The van der Waals surface area contributed by atoms with Gasteiger partial charge in [-0.25, -0.2) is 0 Å². The van der Waals surface area contributed by atoms with Crippen molar-refractivity contribution in [1.29, 1.82) is 0 Å². The van der Waals surface area contributed by atoms with Gasteiger partial charge < -0.3 is 19.4 Å². The summed E-state index contributed by atoms with van der Waals surface area (Å²) in [7, 11) is 3.00. The Hall–Kier alpha value is -3.64. The molecule has 4 aromatic rings. The summed E-state index contributed by atoms with van der Waals surface area (Å²) in [5.74, 6) is -0.413. The highest BCUT2D eigenvalue weighted by atomic mass is 16.5. The van der Waals surface area contributed by atoms with Crippen LogP contribution in [0.1, 0.15) is 40.4 Å². The number of carbonyl (C=O) groups is 2. The van der Waals surface area contributed by atoms with E-state index in [0.29, 0.717) is 6.54 Å². The van der Waals surface area contributed by atoms with Gasteiger partial charge in [0.1, 0.15) is 0 Å². The molecule has 5 rings (SSSR count). The fourth-order valence-corrected chi connectivity index (χ4v) is 5.43. The summed E-state index contributed by atoms with van der Waals surface area (Å²) < 4.78 is 13.1. The molecule has 0 fully saturated rings. The van der Waals surface area contributed by atoms with Crippen LogP contribution in [0.5, 0.6) is 0 Å². The quantitative estimate of drug-likeness (QED) is 0.419. The maximum absolute atomic E-state index is 13.1. The number of benzene rings is 3. The van der Waals surface area contributed by atoms with Gasteiger partial charge in [-0.2, -0.15) is 0 Å². The number of esters is 1. The Morgan fingerprint density at radius 2 is 1.76 bits per heavy atom. The lowest BCUT2D eigenvalue weighted by molar-refractivity contribution is -0.152. The molecule has 3 aromatic carbocycles. The molecule has 1 amide bonds. The van der Waals surface area contributed by atoms with Crippen LogP contribution < -0.4 is 5.32 Å². The van der Waals surface area contributed by atoms with Gasteiger partial charge in [0.15, 0.2) is 5.72 Å². The standard InChI is InChI=1S/C28H28N2O4/c1-16-10-6-7-11-18(16)23-17(2)26-24(20-15-29-27(32)25(20)23)19-12-8-9-13-21(19)30(26)28(3,34-5)14-22(31)33-4/h6-13H,14-15H2,1-5H3,(H,29,32)/t28-/m0/s1. The fourth-order valence-electron chi connectivity index (χ4n) is 5.43. The summed E-state index contributed by atoms with van der Waals surface area (Å²) in [6, 6.07) is 16.2. The summed E-state index contributed by atoms with van der Waals surface area (Å²) in [6.45, 7) is 6.47. The Morgan fingerprint density at radius 1 is 1.06 bits per heavy atom. The molecule has 0 spiro atoms. The normalized spacial score (nSPS) is 14.8. The number of aryl methyl sites for hydroxylation is 2. The van der Waals surface area contributed by atoms with E-state index in [-0.39, 0.29) is 18.3 Å². The summed E-state index contributed by atoms with van der Waals surface area (Å²) in [5, 5.41) is 5.09. The third-order valence-corrected chi connectivity index (χ3v) is 7.14. The lowest BCUT2D eigenvalue weighted by Gasteiger charge is -2.32. The van der Waals surface area contributed by atoms with E-state index in [0.717, 1.165) is 55.2 Å². The number of aromatic nitrogens is 1. The van der Waals surface area contributed by atoms with Crippen molar-refractivity contribution in [2.45, 2.75) is 39.5 Å². The second-order valence-electron chi connectivity index (χ2n) is 9.06. The molecule has 0 aliphatic carbocycles. The second kappa shape index (κ2) is 7.99. The third-order valence-electron chi connectivity index (χ3n) is 7.14. The van der Waals surface area contributed by atoms with Crippen molar-refractivity contribution < 1.29 is 19.1 Å². The Morgan fingerprint density at radius 3 is 2.47 bits per heavy atom. The van der Waals surface area contributed by atoms with E-state index in [9.17, 15) is 9.59 Å². The Labute approximate surface area is 198 Å². The first-order valence-electron chi connectivity index (χ1n) is 11.4. The molecule has 0 radical (unpaired) electrons. The molecule has 1 N–H and O–H groups in total. The van der Waals surface area contributed by atoms with E-state index in [1.54, 1.807) is 7.11 Å². The number of hydrogen-bond donors (Lipinski definition) is 1. The topological polar surface area (TPSA) is 69.6 Å². The molecule has 0 unspecified atom stereocenters. The molecule has 0 bridgehead atoms. The first-order chi connectivity index (χ1) is 16.3. The first kappa shape index (κ1) is 22.2. The lowest BCUT2D eigenvalue weighted by atomic mass is 9.87. The van der Waals surface area contributed by atoms with Crippen molar-refractivity contribution in [2.75, 3.05) is 14.2 Å². The number of carbonyl (C=O) groups excluding carboxylic acids is 2. The predicted molar refractivity (Wildman–Crippen MR) is 133 cm³/mol. The molecule has 1 aromatic heterocycles. The average molecular weight is 457 g/mol. The molecule has 1 aliphatic heterocycles. The van der Waals surface area contributed by atoms with E-state index < -0.39 is 5.72 Å². The Bertz CT molecular complexity index is 1480. The van der Waals surface area contributed by atoms with Crippen LogP contribution in [0, 0.1) is 13.8 Å². The maximum atomic E-state index is 13.1. The summed E-state index contributed by atoms with van der Waals surface area (Å²) in [5.41, 5.74) is 6.65. The molecular formula is C28H28N2O4. The van der Waals surface area contributed by atoms with E-state index >= 15 is 0 Å². The Kier molecular flexibility index (Phi) is 5.21. The second-order valence-corrected chi connectivity index (χ2v) is 9.06. The molecule has 0 saturated carbocycles. The van der Waals surface area contributed by atoms with Gasteiger partial charge in [-0.1, -0.05) is 42.5 Å². The summed E-state index contributed by atoms with van der Waals surface area (Å²) in [4.78, 5) is 25.6. The SMILES string of the molecule is COC(=O)C[C@](C)(OC)n1c2ccccc2c2c3c(c(-c4ccccc4C)c(C)c21)C(=O)NC3. The molecule has 6 nitrogen and oxygen atoms in total. The number of para-hydroxylation sites is 1. The molecule has 6 heteroatoms. The number of nitrogens with one attached hydrogen (secondary N) is 1. The number of rotatable bonds is 5. The zero-order valence-electron chi connectivity index (χ0n) is 20.1. The summed E-state index contributed by atoms with van der Waals surface area (Å²) in [6.07, 6.45) is 0.0428. The van der Waals surface area contributed by atoms with E-state index in [2.05, 4.69) is 41.9 Å². The van der Waals surface area contributed by atoms with E-state index in [4.69, 9.17) is 9.47 Å². The van der Waals surface area contributed by atoms with E-state index in [1.165, 1.54) is 7.11 Å². The summed E-state index contributed by atoms with van der Waals surface area (Å²) >= 11 is 0. The van der Waals surface area contributed by atoms with Gasteiger partial charge in [-0.15, -0.1) is 0 Å². The number of fused-ring (bicyclic) bond motifs is 5. The molecule has 1 aliphatic rings. The van der Waals surface area contributed by atoms with Crippen LogP contribution in [0.25, 0.3) is 32.9 Å². The Balaban J connectivity index is 2.00. The lowest BCUT2D eigenvalue weighted by Crippen LogP contribution is -2.35. The molecule has 34 heavy (non-hydrogen) atoms. The number of hydrogen-bond acceptors (Lipinski definition) is 4. The minimum absolute atomic E-state index is 0.0428. The minimum atomic E-state index is -0.994. The zero-order chi connectivity index (χ0) is 24.2. The maximum Gasteiger partial charge on any atom is 0.310 e. The third kappa shape index (κ3) is 3.06. The number of methoxy groups -OCH3 is 2. The van der Waals surface area contributed by atoms with Gasteiger partial charge in [0.25, 0.3) is 5.91 Å². The monoisotopic (exact) mass is 456 g/mol. The number of nitrogens with zero attached hydrogens (tertiary/aromatic N) is 1. The van der Waals surface area contributed by atoms with Crippen molar-refractivity contribution >= 4 is 33.7 Å². The van der Waals surface area contributed by atoms with Gasteiger partial charge in [0.2, 0.25) is 0 Å². The highest BCUT2D eigenvalue weighted by Gasteiger charge is 2.37. The molecule has 1 atom stereocenters. The molecular weight excluding hydrogens is 428 g/mol. The van der Waals surface area contributed by atoms with Crippen molar-refractivity contribution in [2.24, 2.45) is 0 Å². The van der Waals surface area contributed by atoms with Crippen LogP contribution in [0.4, 0.5) is 0 Å². The van der Waals surface area contributed by atoms with Crippen LogP contribution in [0.3, 0.4) is 0 Å². The van der Waals surface area contributed by atoms with Gasteiger partial charge in [0, 0.05) is 30.0 Å². The predicted octanol–water partition coefficient (Wildman–Crippen LogP) is 5.20. The van der Waals surface area contributed by atoms with Crippen LogP contribution >= 0.6 is 0 Å². The zero-order valence-corrected chi connectivity index (χ0v) is 20.1. The van der Waals surface area contributed by atoms with Crippen molar-refractivity contribution in [3.63, 3.8) is 0 Å². The van der Waals surface area contributed by atoms with Crippen molar-refractivity contribution in [1.82, 2.24) is 9.88 Å². The van der Waals surface area contributed by atoms with E-state index in [1.807, 2.05) is 37.3 Å². The number of ether oxygens (including phenoxy) is 2. The molecule has 2 heterocycles. The fraction of sp³-hybridized carbons (Fsp3) is 0.286. The van der Waals surface area contributed by atoms with Crippen molar-refractivity contribution in [3.05, 3.63) is 70.8 Å². The first-order valence-corrected chi connectivity index (χ1v) is 11.4. The largest absolute Gasteiger partial charge is 0.469 e. The van der Waals surface area contributed by atoms with Gasteiger partial charge in [-0.05, 0) is 49.1 Å². The van der Waals surface area contributed by atoms with Crippen LogP contribution in [0.2, 0.25) is 0 Å².